The fourth-order valence-corrected chi connectivity index (χ4v) is 5.27. The van der Waals surface area contributed by atoms with E-state index in [0.717, 1.165) is 50.1 Å². The molecule has 0 aliphatic carbocycles. The minimum absolute atomic E-state index is 0.0962. The van der Waals surface area contributed by atoms with Gasteiger partial charge in [0.15, 0.2) is 11.6 Å². The average molecular weight is 509 g/mol. The molecule has 0 saturated carbocycles. The highest BCUT2D eigenvalue weighted by atomic mass is 35.5. The maximum Gasteiger partial charge on any atom is 0.254 e. The van der Waals surface area contributed by atoms with E-state index < -0.39 is 5.82 Å². The van der Waals surface area contributed by atoms with Crippen LogP contribution in [-0.2, 0) is 6.61 Å². The van der Waals surface area contributed by atoms with Gasteiger partial charge in [-0.1, -0.05) is 29.8 Å². The number of ether oxygens (including phenoxy) is 1. The van der Waals surface area contributed by atoms with Gasteiger partial charge in [0.05, 0.1) is 5.02 Å². The topological polar surface area (TPSA) is 71.7 Å². The molecular weight excluding hydrogens is 479 g/mol. The van der Waals surface area contributed by atoms with Crippen LogP contribution < -0.4 is 10.5 Å². The summed E-state index contributed by atoms with van der Waals surface area (Å²) in [4.78, 5) is 22.1. The van der Waals surface area contributed by atoms with Gasteiger partial charge in [-0.25, -0.2) is 9.37 Å². The predicted octanol–water partition coefficient (Wildman–Crippen LogP) is 5.40. The second kappa shape index (κ2) is 10.8. The molecule has 2 aromatic carbocycles. The molecule has 36 heavy (non-hydrogen) atoms. The molecule has 2 aliphatic rings. The summed E-state index contributed by atoms with van der Waals surface area (Å²) in [5.41, 5.74) is 9.08. The van der Waals surface area contributed by atoms with Crippen LogP contribution in [0.15, 0.2) is 54.7 Å². The van der Waals surface area contributed by atoms with Crippen LogP contribution in [0.5, 0.6) is 5.75 Å². The molecule has 2 fully saturated rings. The third-order valence-electron chi connectivity index (χ3n) is 7.05. The number of rotatable bonds is 7. The number of benzene rings is 2. The number of likely N-dealkylation sites (tertiary alicyclic amines) is 2. The average Bonchev–Trinajstić information content (AvgIpc) is 3.57. The lowest BCUT2D eigenvalue weighted by Gasteiger charge is -2.28. The van der Waals surface area contributed by atoms with Crippen molar-refractivity contribution in [2.75, 3.05) is 31.9 Å². The first-order chi connectivity index (χ1) is 17.5. The van der Waals surface area contributed by atoms with Crippen LogP contribution >= 0.6 is 11.6 Å². The Balaban J connectivity index is 1.27. The zero-order valence-electron chi connectivity index (χ0n) is 20.1. The van der Waals surface area contributed by atoms with Gasteiger partial charge in [0, 0.05) is 42.0 Å². The molecule has 2 saturated heterocycles. The molecule has 3 heterocycles. The number of pyridine rings is 1. The van der Waals surface area contributed by atoms with Crippen LogP contribution in [0, 0.1) is 5.82 Å². The molecule has 6 nitrogen and oxygen atoms in total. The van der Waals surface area contributed by atoms with Gasteiger partial charge in [0.2, 0.25) is 0 Å². The van der Waals surface area contributed by atoms with Crippen molar-refractivity contribution in [2.45, 2.75) is 38.3 Å². The Morgan fingerprint density at radius 2 is 1.83 bits per heavy atom. The Morgan fingerprint density at radius 1 is 1.06 bits per heavy atom. The molecule has 1 amide bonds. The van der Waals surface area contributed by atoms with Crippen molar-refractivity contribution in [1.82, 2.24) is 14.8 Å². The number of hydrogen-bond acceptors (Lipinski definition) is 5. The van der Waals surface area contributed by atoms with Gasteiger partial charge in [-0.3, -0.25) is 4.79 Å². The fraction of sp³-hybridized carbons (Fsp3) is 0.357. The van der Waals surface area contributed by atoms with Gasteiger partial charge in [-0.2, -0.15) is 0 Å². The maximum atomic E-state index is 13.3. The predicted molar refractivity (Wildman–Crippen MR) is 140 cm³/mol. The standard InChI is InChI=1S/C28H30ClFN4O2/c29-25-15-23(30)10-9-21(25)18-36-26-14-22(16-32-27(26)31)19-5-7-20(8-6-19)28(35)34-13-3-4-24(34)17-33-11-1-2-12-33/h5-10,14-16,24H,1-4,11-13,17-18H2,(H2,31,32)/t24-/m1/s1. The second-order valence-corrected chi connectivity index (χ2v) is 9.92. The number of amides is 1. The smallest absolute Gasteiger partial charge is 0.254 e. The summed E-state index contributed by atoms with van der Waals surface area (Å²) < 4.78 is 19.1. The molecule has 1 atom stereocenters. The van der Waals surface area contributed by atoms with Crippen LogP contribution in [0.3, 0.4) is 0 Å². The number of aromatic nitrogens is 1. The van der Waals surface area contributed by atoms with Gasteiger partial charge >= 0.3 is 0 Å². The van der Waals surface area contributed by atoms with Crippen molar-refractivity contribution in [2.24, 2.45) is 0 Å². The Hall–Kier alpha value is -3.16. The van der Waals surface area contributed by atoms with E-state index in [1.165, 1.54) is 25.0 Å². The van der Waals surface area contributed by atoms with Gasteiger partial charge in [0.25, 0.3) is 5.91 Å². The Bertz CT molecular complexity index is 1230. The van der Waals surface area contributed by atoms with Crippen LogP contribution in [-0.4, -0.2) is 52.9 Å². The summed E-state index contributed by atoms with van der Waals surface area (Å²) >= 11 is 6.10. The minimum atomic E-state index is -0.402. The number of anilines is 1. The highest BCUT2D eigenvalue weighted by molar-refractivity contribution is 6.31. The van der Waals surface area contributed by atoms with Crippen molar-refractivity contribution in [1.29, 1.82) is 0 Å². The molecule has 2 N–H and O–H groups in total. The van der Waals surface area contributed by atoms with Crippen molar-refractivity contribution in [3.63, 3.8) is 0 Å². The van der Waals surface area contributed by atoms with Crippen LogP contribution in [0.4, 0.5) is 10.2 Å². The molecule has 5 rings (SSSR count). The Labute approximate surface area is 215 Å². The summed E-state index contributed by atoms with van der Waals surface area (Å²) in [6, 6.07) is 13.9. The van der Waals surface area contributed by atoms with E-state index in [1.807, 2.05) is 35.2 Å². The Morgan fingerprint density at radius 3 is 2.58 bits per heavy atom. The molecule has 0 unspecified atom stereocenters. The number of halogens is 2. The molecule has 0 spiro atoms. The quantitative estimate of drug-likeness (QED) is 0.462. The minimum Gasteiger partial charge on any atom is -0.485 e. The first-order valence-corrected chi connectivity index (χ1v) is 12.8. The van der Waals surface area contributed by atoms with Crippen molar-refractivity contribution in [3.8, 4) is 16.9 Å². The van der Waals surface area contributed by atoms with E-state index in [4.69, 9.17) is 22.1 Å². The van der Waals surface area contributed by atoms with Crippen molar-refractivity contribution in [3.05, 3.63) is 76.7 Å². The third-order valence-corrected chi connectivity index (χ3v) is 7.40. The van der Waals surface area contributed by atoms with Gasteiger partial charge < -0.3 is 20.3 Å². The molecule has 0 bridgehead atoms. The fourth-order valence-electron chi connectivity index (χ4n) is 5.05. The molecule has 0 radical (unpaired) electrons. The zero-order chi connectivity index (χ0) is 25.1. The van der Waals surface area contributed by atoms with Gasteiger partial charge in [-0.05, 0) is 74.7 Å². The largest absolute Gasteiger partial charge is 0.485 e. The first-order valence-electron chi connectivity index (χ1n) is 12.4. The normalized spacial score (nSPS) is 18.1. The van der Waals surface area contributed by atoms with E-state index in [-0.39, 0.29) is 18.3 Å². The number of nitrogen functional groups attached to an aromatic ring is 1. The summed E-state index contributed by atoms with van der Waals surface area (Å²) in [7, 11) is 0. The van der Waals surface area contributed by atoms with Crippen molar-refractivity contribution >= 4 is 23.3 Å². The summed E-state index contributed by atoms with van der Waals surface area (Å²) in [5.74, 6) is 0.358. The Kier molecular flexibility index (Phi) is 7.39. The lowest BCUT2D eigenvalue weighted by atomic mass is 10.0. The summed E-state index contributed by atoms with van der Waals surface area (Å²) in [5, 5.41) is 0.290. The van der Waals surface area contributed by atoms with E-state index in [9.17, 15) is 9.18 Å². The second-order valence-electron chi connectivity index (χ2n) is 9.51. The molecule has 3 aromatic rings. The highest BCUT2D eigenvalue weighted by Gasteiger charge is 2.31. The van der Waals surface area contributed by atoms with E-state index in [0.29, 0.717) is 27.9 Å². The van der Waals surface area contributed by atoms with Crippen LogP contribution in [0.25, 0.3) is 11.1 Å². The SMILES string of the molecule is Nc1ncc(-c2ccc(C(=O)N3CCC[C@@H]3CN3CCCC3)cc2)cc1OCc1ccc(F)cc1Cl. The third kappa shape index (κ3) is 5.47. The highest BCUT2D eigenvalue weighted by Crippen LogP contribution is 2.30. The van der Waals surface area contributed by atoms with E-state index in [2.05, 4.69) is 9.88 Å². The summed E-state index contributed by atoms with van der Waals surface area (Å²) in [6.45, 7) is 4.22. The monoisotopic (exact) mass is 508 g/mol. The van der Waals surface area contributed by atoms with E-state index in [1.54, 1.807) is 12.3 Å². The molecule has 2 aliphatic heterocycles. The number of hydrogen-bond donors (Lipinski definition) is 1. The summed E-state index contributed by atoms with van der Waals surface area (Å²) in [6.07, 6.45) is 6.33. The van der Waals surface area contributed by atoms with Gasteiger partial charge in [0.1, 0.15) is 12.4 Å². The number of nitrogens with zero attached hydrogens (tertiary/aromatic N) is 3. The maximum absolute atomic E-state index is 13.3. The number of carbonyl (C=O) groups excluding carboxylic acids is 1. The lowest BCUT2D eigenvalue weighted by molar-refractivity contribution is 0.0709. The molecular formula is C28H30ClFN4O2. The molecule has 1 aromatic heterocycles. The molecule has 8 heteroatoms. The van der Waals surface area contributed by atoms with Gasteiger partial charge in [-0.15, -0.1) is 0 Å². The number of nitrogens with two attached hydrogens (primary N) is 1. The van der Waals surface area contributed by atoms with Crippen LogP contribution in [0.1, 0.15) is 41.6 Å². The van der Waals surface area contributed by atoms with Crippen molar-refractivity contribution < 1.29 is 13.9 Å². The van der Waals surface area contributed by atoms with E-state index >= 15 is 0 Å². The lowest BCUT2D eigenvalue weighted by Crippen LogP contribution is -2.42. The first kappa shape index (κ1) is 24.5. The number of carbonyl (C=O) groups is 1. The zero-order valence-corrected chi connectivity index (χ0v) is 20.9. The molecule has 188 valence electrons. The van der Waals surface area contributed by atoms with Crippen LogP contribution in [0.2, 0.25) is 5.02 Å².